The number of carbonyl (C=O) groups excluding carboxylic acids is 1. The van der Waals surface area contributed by atoms with E-state index in [-0.39, 0.29) is 23.8 Å². The van der Waals surface area contributed by atoms with E-state index in [1.54, 1.807) is 12.2 Å². The minimum atomic E-state index is -1.11. The summed E-state index contributed by atoms with van der Waals surface area (Å²) in [6.45, 7) is 9.30. The number of nitrogens with two attached hydrogens (primary N) is 3. The molecule has 0 unspecified atom stereocenters. The second-order valence-electron chi connectivity index (χ2n) is 13.0. The SMILES string of the molecule is CC(=O)O[C@H]1C[C@@]2(C)[C@@H](C[C@@H](O)[C@H]3[C@@]4(C)C[C@@H](N)[C@@H](O)[C@@H](N)[C@@H]4CC[C@@]32N)/C1=C(\C=C/C=C(C)C)C(=O)O. The zero-order chi connectivity index (χ0) is 28.4. The van der Waals surface area contributed by atoms with Crippen molar-refractivity contribution in [1.29, 1.82) is 0 Å². The van der Waals surface area contributed by atoms with Gasteiger partial charge in [-0.15, -0.1) is 0 Å². The summed E-state index contributed by atoms with van der Waals surface area (Å²) in [5, 5.41) is 32.7. The Morgan fingerprint density at radius 1 is 1.11 bits per heavy atom. The lowest BCUT2D eigenvalue weighted by Gasteiger charge is -2.68. The van der Waals surface area contributed by atoms with Gasteiger partial charge in [0.2, 0.25) is 0 Å². The molecule has 4 fully saturated rings. The highest BCUT2D eigenvalue weighted by molar-refractivity contribution is 5.91. The van der Waals surface area contributed by atoms with Crippen molar-refractivity contribution in [3.05, 3.63) is 34.9 Å². The van der Waals surface area contributed by atoms with E-state index in [4.69, 9.17) is 21.9 Å². The van der Waals surface area contributed by atoms with Gasteiger partial charge in [-0.3, -0.25) is 4.79 Å². The fourth-order valence-corrected chi connectivity index (χ4v) is 8.96. The molecule has 11 atom stereocenters. The Bertz CT molecular complexity index is 1080. The molecule has 0 aromatic carbocycles. The van der Waals surface area contributed by atoms with Crippen molar-refractivity contribution in [3.63, 3.8) is 0 Å². The Labute approximate surface area is 225 Å². The van der Waals surface area contributed by atoms with Gasteiger partial charge in [0.25, 0.3) is 0 Å². The third-order valence-corrected chi connectivity index (χ3v) is 10.5. The highest BCUT2D eigenvalue weighted by Gasteiger charge is 2.72. The number of aliphatic carboxylic acids is 1. The van der Waals surface area contributed by atoms with E-state index >= 15 is 0 Å². The van der Waals surface area contributed by atoms with Crippen LogP contribution in [0.1, 0.15) is 66.7 Å². The number of fused-ring (bicyclic) bond motifs is 5. The maximum absolute atomic E-state index is 12.5. The first-order chi connectivity index (χ1) is 17.6. The second-order valence-corrected chi connectivity index (χ2v) is 13.0. The molecule has 0 aromatic rings. The van der Waals surface area contributed by atoms with E-state index in [9.17, 15) is 24.9 Å². The maximum atomic E-state index is 12.5. The zero-order valence-corrected chi connectivity index (χ0v) is 23.2. The maximum Gasteiger partial charge on any atom is 0.335 e. The number of ether oxygens (including phenoxy) is 1. The van der Waals surface area contributed by atoms with Gasteiger partial charge in [0.1, 0.15) is 6.10 Å². The zero-order valence-electron chi connectivity index (χ0n) is 23.2. The molecular formula is C29H45N3O6. The van der Waals surface area contributed by atoms with Gasteiger partial charge in [0.05, 0.1) is 17.8 Å². The molecule has 38 heavy (non-hydrogen) atoms. The quantitative estimate of drug-likeness (QED) is 0.179. The van der Waals surface area contributed by atoms with Crippen LogP contribution >= 0.6 is 0 Å². The first-order valence-electron chi connectivity index (χ1n) is 13.7. The van der Waals surface area contributed by atoms with Crippen molar-refractivity contribution in [3.8, 4) is 0 Å². The van der Waals surface area contributed by atoms with Crippen LogP contribution in [0.4, 0.5) is 0 Å². The molecule has 0 spiro atoms. The van der Waals surface area contributed by atoms with Gasteiger partial charge < -0.3 is 37.3 Å². The van der Waals surface area contributed by atoms with Crippen molar-refractivity contribution in [2.24, 2.45) is 45.8 Å². The van der Waals surface area contributed by atoms with E-state index in [1.807, 2.05) is 19.9 Å². The lowest BCUT2D eigenvalue weighted by Crippen LogP contribution is -2.76. The van der Waals surface area contributed by atoms with E-state index in [1.165, 1.54) is 6.92 Å². The van der Waals surface area contributed by atoms with Crippen LogP contribution in [0.25, 0.3) is 0 Å². The lowest BCUT2D eigenvalue weighted by atomic mass is 9.39. The van der Waals surface area contributed by atoms with Crippen LogP contribution in [0.2, 0.25) is 0 Å². The highest BCUT2D eigenvalue weighted by atomic mass is 16.5. The number of hydrogen-bond acceptors (Lipinski definition) is 8. The molecule has 9 N–H and O–H groups in total. The summed E-state index contributed by atoms with van der Waals surface area (Å²) in [6.07, 6.45) is 4.97. The smallest absolute Gasteiger partial charge is 0.335 e. The summed E-state index contributed by atoms with van der Waals surface area (Å²) >= 11 is 0. The average Bonchev–Trinajstić information content (AvgIpc) is 3.06. The number of aliphatic hydroxyl groups is 2. The van der Waals surface area contributed by atoms with Gasteiger partial charge in [-0.05, 0) is 80.3 Å². The van der Waals surface area contributed by atoms with Crippen LogP contribution < -0.4 is 17.2 Å². The van der Waals surface area contributed by atoms with E-state index < -0.39 is 64.6 Å². The Kier molecular flexibility index (Phi) is 7.51. The van der Waals surface area contributed by atoms with Crippen molar-refractivity contribution in [2.45, 2.75) is 103 Å². The first-order valence-corrected chi connectivity index (χ1v) is 13.7. The van der Waals surface area contributed by atoms with Gasteiger partial charge in [-0.2, -0.15) is 0 Å². The summed E-state index contributed by atoms with van der Waals surface area (Å²) in [5.41, 5.74) is 19.8. The number of carbonyl (C=O) groups is 2. The van der Waals surface area contributed by atoms with Gasteiger partial charge >= 0.3 is 11.9 Å². The van der Waals surface area contributed by atoms with E-state index in [2.05, 4.69) is 13.8 Å². The van der Waals surface area contributed by atoms with Crippen molar-refractivity contribution in [2.75, 3.05) is 0 Å². The Hall–Kier alpha value is -2.04. The molecule has 0 bridgehead atoms. The Morgan fingerprint density at radius 3 is 2.34 bits per heavy atom. The van der Waals surface area contributed by atoms with Gasteiger partial charge in [-0.1, -0.05) is 31.6 Å². The van der Waals surface area contributed by atoms with E-state index in [0.29, 0.717) is 31.3 Å². The number of allylic oxidation sites excluding steroid dienone is 3. The van der Waals surface area contributed by atoms with Crippen molar-refractivity contribution < 1.29 is 29.6 Å². The number of hydrogen-bond donors (Lipinski definition) is 6. The summed E-state index contributed by atoms with van der Waals surface area (Å²) in [6, 6.07) is -1.05. The molecule has 0 heterocycles. The Morgan fingerprint density at radius 2 is 1.76 bits per heavy atom. The minimum absolute atomic E-state index is 0.0592. The minimum Gasteiger partial charge on any atom is -0.478 e. The summed E-state index contributed by atoms with van der Waals surface area (Å²) in [7, 11) is 0. The highest BCUT2D eigenvalue weighted by Crippen LogP contribution is 2.69. The lowest BCUT2D eigenvalue weighted by molar-refractivity contribution is -0.196. The third kappa shape index (κ3) is 4.27. The number of carboxylic acid groups (broad SMARTS) is 1. The predicted octanol–water partition coefficient (Wildman–Crippen LogP) is 1.76. The molecule has 0 aliphatic heterocycles. The summed E-state index contributed by atoms with van der Waals surface area (Å²) in [4.78, 5) is 24.7. The van der Waals surface area contributed by atoms with Crippen molar-refractivity contribution >= 4 is 11.9 Å². The van der Waals surface area contributed by atoms with Crippen LogP contribution in [0.5, 0.6) is 0 Å². The molecule has 9 heteroatoms. The van der Waals surface area contributed by atoms with Crippen LogP contribution in [-0.4, -0.2) is 63.2 Å². The van der Waals surface area contributed by atoms with Crippen molar-refractivity contribution in [1.82, 2.24) is 0 Å². The standard InChI is InChI=1S/C29H45N3O6/c1-14(2)7-6-8-16(26(36)37)22-18-11-20(34)25-27(4)12-19(30)24(35)23(31)17(27)9-10-29(25,32)28(18,5)13-21(22)38-15(3)33/h6-8,17-21,23-25,34-35H,9-13,30-32H2,1-5H3,(H,36,37)/b8-6-,22-16-/t17-,18-,19+,20+,21-,23-,24+,25-,27-,28-,29+/m0/s1. The van der Waals surface area contributed by atoms with Crippen LogP contribution in [0, 0.1) is 28.6 Å². The monoisotopic (exact) mass is 531 g/mol. The van der Waals surface area contributed by atoms with E-state index in [0.717, 1.165) is 5.57 Å². The molecule has 0 saturated heterocycles. The molecule has 0 radical (unpaired) electrons. The Balaban J connectivity index is 1.87. The number of rotatable bonds is 4. The second kappa shape index (κ2) is 9.86. The van der Waals surface area contributed by atoms with Crippen LogP contribution in [0.15, 0.2) is 34.9 Å². The predicted molar refractivity (Wildman–Crippen MR) is 143 cm³/mol. The summed E-state index contributed by atoms with van der Waals surface area (Å²) in [5.74, 6) is -2.44. The molecule has 4 rings (SSSR count). The normalized spacial score (nSPS) is 47.5. The molecule has 4 aliphatic carbocycles. The van der Waals surface area contributed by atoms with Gasteiger partial charge in [0, 0.05) is 30.5 Å². The van der Waals surface area contributed by atoms with Crippen LogP contribution in [-0.2, 0) is 14.3 Å². The molecule has 4 aliphatic rings. The average molecular weight is 532 g/mol. The summed E-state index contributed by atoms with van der Waals surface area (Å²) < 4.78 is 5.76. The third-order valence-electron chi connectivity index (χ3n) is 10.5. The molecular weight excluding hydrogens is 486 g/mol. The largest absolute Gasteiger partial charge is 0.478 e. The fraction of sp³-hybridized carbons (Fsp3) is 0.724. The van der Waals surface area contributed by atoms with Crippen LogP contribution in [0.3, 0.4) is 0 Å². The number of carboxylic acids is 1. The first kappa shape index (κ1) is 29.0. The molecule has 0 amide bonds. The number of esters is 1. The van der Waals surface area contributed by atoms with Gasteiger partial charge in [-0.25, -0.2) is 4.79 Å². The topological polar surface area (TPSA) is 182 Å². The molecule has 0 aromatic heterocycles. The molecule has 9 nitrogen and oxygen atoms in total. The van der Waals surface area contributed by atoms with Gasteiger partial charge in [0.15, 0.2) is 0 Å². The molecule has 4 saturated carbocycles. The number of aliphatic hydroxyl groups excluding tert-OH is 2. The fourth-order valence-electron chi connectivity index (χ4n) is 8.96. The molecule has 212 valence electrons.